The van der Waals surface area contributed by atoms with Crippen LogP contribution >= 0.6 is 0 Å². The molecule has 0 aromatic heterocycles. The van der Waals surface area contributed by atoms with Gasteiger partial charge in [-0.3, -0.25) is 0 Å². The molecule has 16 heavy (non-hydrogen) atoms. The summed E-state index contributed by atoms with van der Waals surface area (Å²) in [7, 11) is -2.08. The first-order chi connectivity index (χ1) is 7.57. The molecule has 5 heteroatoms. The Morgan fingerprint density at radius 1 is 1.06 bits per heavy atom. The van der Waals surface area contributed by atoms with Crippen molar-refractivity contribution in [1.29, 1.82) is 0 Å². The average molecular weight is 244 g/mol. The third kappa shape index (κ3) is 4.59. The van der Waals surface area contributed by atoms with Gasteiger partial charge in [0.25, 0.3) is 0 Å². The van der Waals surface area contributed by atoms with Gasteiger partial charge in [0.1, 0.15) is 0 Å². The van der Waals surface area contributed by atoms with Gasteiger partial charge in [0.2, 0.25) is 0 Å². The van der Waals surface area contributed by atoms with Gasteiger partial charge in [0, 0.05) is 6.42 Å². The molecule has 0 aliphatic carbocycles. The van der Waals surface area contributed by atoms with Crippen molar-refractivity contribution in [2.75, 3.05) is 13.2 Å². The Kier molecular flexibility index (Phi) is 5.37. The summed E-state index contributed by atoms with van der Waals surface area (Å²) >= 11 is 0. The van der Waals surface area contributed by atoms with E-state index in [1.807, 2.05) is 25.2 Å². The molecule has 1 rings (SSSR count). The Morgan fingerprint density at radius 2 is 1.50 bits per heavy atom. The summed E-state index contributed by atoms with van der Waals surface area (Å²) in [5.74, 6) is 0. The fraction of sp³-hybridized carbons (Fsp3) is 0.636. The van der Waals surface area contributed by atoms with Crippen LogP contribution in [0.4, 0.5) is 0 Å². The van der Waals surface area contributed by atoms with Crippen LogP contribution in [-0.4, -0.2) is 44.2 Å². The Bertz CT molecular complexity index is 239. The van der Waals surface area contributed by atoms with Crippen LogP contribution in [0.2, 0.25) is 13.1 Å². The van der Waals surface area contributed by atoms with E-state index in [0.29, 0.717) is 0 Å². The lowest BCUT2D eigenvalue weighted by molar-refractivity contribution is 0.0456. The van der Waals surface area contributed by atoms with Gasteiger partial charge in [-0.25, -0.2) is 0 Å². The predicted molar refractivity (Wildman–Crippen MR) is 64.3 cm³/mol. The summed E-state index contributed by atoms with van der Waals surface area (Å²) in [6.07, 6.45) is 7.84. The molecule has 2 unspecified atom stereocenters. The molecular formula is C11H20O4Si. The van der Waals surface area contributed by atoms with Gasteiger partial charge in [-0.15, -0.1) is 0 Å². The van der Waals surface area contributed by atoms with Crippen molar-refractivity contribution in [2.45, 2.75) is 31.7 Å². The standard InChI is InChI=1S/C11H20O4Si/c1-16(2)14-10(5-3-7-12)9-11(15-16)6-4-8-13/h3-6,10-13H,7-9H2,1-2H3/b5-3+,6-4+. The van der Waals surface area contributed by atoms with Crippen molar-refractivity contribution in [3.05, 3.63) is 24.3 Å². The second kappa shape index (κ2) is 6.32. The molecule has 0 spiro atoms. The van der Waals surface area contributed by atoms with Crippen molar-refractivity contribution < 1.29 is 19.1 Å². The van der Waals surface area contributed by atoms with E-state index in [0.717, 1.165) is 6.42 Å². The van der Waals surface area contributed by atoms with Crippen LogP contribution in [0.3, 0.4) is 0 Å². The Labute approximate surface area is 97.4 Å². The first-order valence-corrected chi connectivity index (χ1v) is 8.29. The van der Waals surface area contributed by atoms with E-state index in [2.05, 4.69) is 0 Å². The number of hydrogen-bond donors (Lipinski definition) is 2. The van der Waals surface area contributed by atoms with Gasteiger partial charge >= 0.3 is 8.56 Å². The van der Waals surface area contributed by atoms with Gasteiger partial charge in [-0.05, 0) is 13.1 Å². The lowest BCUT2D eigenvalue weighted by Crippen LogP contribution is -2.47. The zero-order valence-electron chi connectivity index (χ0n) is 9.80. The quantitative estimate of drug-likeness (QED) is 0.571. The molecule has 0 amide bonds. The summed E-state index contributed by atoms with van der Waals surface area (Å²) in [5.41, 5.74) is 0. The number of hydrogen-bond acceptors (Lipinski definition) is 4. The van der Waals surface area contributed by atoms with Crippen molar-refractivity contribution in [3.8, 4) is 0 Å². The highest BCUT2D eigenvalue weighted by atomic mass is 28.4. The largest absolute Gasteiger partial charge is 0.392 e. The first-order valence-electron chi connectivity index (χ1n) is 5.48. The van der Waals surface area contributed by atoms with Crippen LogP contribution in [0.1, 0.15) is 6.42 Å². The molecule has 1 aliphatic rings. The molecule has 0 bridgehead atoms. The zero-order valence-corrected chi connectivity index (χ0v) is 10.8. The van der Waals surface area contributed by atoms with Crippen LogP contribution < -0.4 is 0 Å². The predicted octanol–water partition coefficient (Wildman–Crippen LogP) is 0.959. The summed E-state index contributed by atoms with van der Waals surface area (Å²) in [4.78, 5) is 0. The lowest BCUT2D eigenvalue weighted by atomic mass is 10.1. The van der Waals surface area contributed by atoms with E-state index in [1.54, 1.807) is 12.2 Å². The Balaban J connectivity index is 2.61. The van der Waals surface area contributed by atoms with Crippen LogP contribution in [-0.2, 0) is 8.85 Å². The maximum absolute atomic E-state index is 8.73. The van der Waals surface area contributed by atoms with Gasteiger partial charge in [0.15, 0.2) is 0 Å². The van der Waals surface area contributed by atoms with E-state index in [9.17, 15) is 0 Å². The monoisotopic (exact) mass is 244 g/mol. The minimum Gasteiger partial charge on any atom is -0.392 e. The van der Waals surface area contributed by atoms with E-state index in [-0.39, 0.29) is 25.4 Å². The second-order valence-electron chi connectivity index (χ2n) is 4.17. The zero-order chi connectivity index (χ0) is 12.0. The molecule has 1 fully saturated rings. The molecule has 0 aromatic carbocycles. The van der Waals surface area contributed by atoms with Gasteiger partial charge in [-0.2, -0.15) is 0 Å². The van der Waals surface area contributed by atoms with Gasteiger partial charge in [0.05, 0.1) is 25.4 Å². The smallest absolute Gasteiger partial charge is 0.332 e. The maximum Gasteiger partial charge on any atom is 0.332 e. The average Bonchev–Trinajstić information content (AvgIpc) is 2.21. The SMILES string of the molecule is C[Si]1(C)OC(/C=C/CO)CC(/C=C/CO)O1. The third-order valence-corrected chi connectivity index (χ3v) is 3.99. The fourth-order valence-corrected chi connectivity index (χ4v) is 3.61. The van der Waals surface area contributed by atoms with Gasteiger partial charge in [-0.1, -0.05) is 24.3 Å². The number of rotatable bonds is 4. The van der Waals surface area contributed by atoms with E-state index in [1.165, 1.54) is 0 Å². The van der Waals surface area contributed by atoms with E-state index >= 15 is 0 Å². The first kappa shape index (κ1) is 13.6. The van der Waals surface area contributed by atoms with Crippen molar-refractivity contribution in [2.24, 2.45) is 0 Å². The highest BCUT2D eigenvalue weighted by Gasteiger charge is 2.36. The van der Waals surface area contributed by atoms with Gasteiger partial charge < -0.3 is 19.1 Å². The molecule has 2 atom stereocenters. The number of aliphatic hydroxyl groups is 2. The minimum atomic E-state index is -2.08. The third-order valence-electron chi connectivity index (χ3n) is 2.25. The minimum absolute atomic E-state index is 0.00379. The topological polar surface area (TPSA) is 58.9 Å². The van der Waals surface area contributed by atoms with Crippen LogP contribution in [0.5, 0.6) is 0 Å². The molecule has 0 saturated carbocycles. The van der Waals surface area contributed by atoms with Crippen molar-refractivity contribution in [1.82, 2.24) is 0 Å². The summed E-state index contributed by atoms with van der Waals surface area (Å²) in [6.45, 7) is 4.04. The van der Waals surface area contributed by atoms with Crippen molar-refractivity contribution >= 4 is 8.56 Å². The molecule has 4 nitrogen and oxygen atoms in total. The maximum atomic E-state index is 8.73. The Morgan fingerprint density at radius 3 is 1.88 bits per heavy atom. The summed E-state index contributed by atoms with van der Waals surface area (Å²) in [6, 6.07) is 0. The molecule has 2 N–H and O–H groups in total. The van der Waals surface area contributed by atoms with Crippen LogP contribution in [0.25, 0.3) is 0 Å². The molecule has 1 aliphatic heterocycles. The molecule has 0 radical (unpaired) electrons. The highest BCUT2D eigenvalue weighted by Crippen LogP contribution is 2.25. The lowest BCUT2D eigenvalue weighted by Gasteiger charge is -2.37. The van der Waals surface area contributed by atoms with Crippen LogP contribution in [0, 0.1) is 0 Å². The van der Waals surface area contributed by atoms with E-state index in [4.69, 9.17) is 19.1 Å². The molecule has 1 heterocycles. The molecule has 0 aromatic rings. The number of aliphatic hydroxyl groups excluding tert-OH is 2. The molecule has 92 valence electrons. The molecule has 1 saturated heterocycles. The summed E-state index contributed by atoms with van der Waals surface area (Å²) < 4.78 is 11.6. The normalized spacial score (nSPS) is 30.2. The highest BCUT2D eigenvalue weighted by molar-refractivity contribution is 6.64. The second-order valence-corrected chi connectivity index (χ2v) is 7.44. The van der Waals surface area contributed by atoms with Crippen LogP contribution in [0.15, 0.2) is 24.3 Å². The van der Waals surface area contributed by atoms with Crippen molar-refractivity contribution in [3.63, 3.8) is 0 Å². The summed E-state index contributed by atoms with van der Waals surface area (Å²) in [5, 5.41) is 17.5. The fourth-order valence-electron chi connectivity index (χ4n) is 1.74. The van der Waals surface area contributed by atoms with E-state index < -0.39 is 8.56 Å². The molecular weight excluding hydrogens is 224 g/mol. The Hall–Kier alpha value is -0.463.